The number of rotatable bonds is 5. The molecular formula is C16H19ClO3. The molecule has 2 aliphatic rings. The predicted octanol–water partition coefficient (Wildman–Crippen LogP) is 4.17. The third kappa shape index (κ3) is 2.78. The summed E-state index contributed by atoms with van der Waals surface area (Å²) in [6.45, 7) is 0. The number of carboxylic acids is 1. The van der Waals surface area contributed by atoms with Gasteiger partial charge in [0.1, 0.15) is 5.75 Å². The van der Waals surface area contributed by atoms with Gasteiger partial charge in [0.25, 0.3) is 0 Å². The summed E-state index contributed by atoms with van der Waals surface area (Å²) in [5, 5.41) is 9.61. The Hall–Kier alpha value is -1.22. The van der Waals surface area contributed by atoms with E-state index in [1.54, 1.807) is 0 Å². The molecule has 1 N–H and O–H groups in total. The van der Waals surface area contributed by atoms with Crippen LogP contribution in [0.25, 0.3) is 0 Å². The van der Waals surface area contributed by atoms with Crippen LogP contribution in [0.3, 0.4) is 0 Å². The van der Waals surface area contributed by atoms with Crippen molar-refractivity contribution in [3.63, 3.8) is 0 Å². The summed E-state index contributed by atoms with van der Waals surface area (Å²) in [4.78, 5) is 11.0. The Labute approximate surface area is 123 Å². The molecule has 1 aromatic carbocycles. The maximum absolute atomic E-state index is 11.0. The molecule has 0 radical (unpaired) electrons. The average Bonchev–Trinajstić information content (AvgIpc) is 2.98. The van der Waals surface area contributed by atoms with Gasteiger partial charge < -0.3 is 9.84 Å². The molecule has 3 nitrogen and oxygen atoms in total. The fourth-order valence-electron chi connectivity index (χ4n) is 3.12. The van der Waals surface area contributed by atoms with Crippen molar-refractivity contribution in [2.75, 3.05) is 0 Å². The summed E-state index contributed by atoms with van der Waals surface area (Å²) >= 11 is 6.31. The Morgan fingerprint density at radius 3 is 2.60 bits per heavy atom. The minimum Gasteiger partial charge on any atom is -0.489 e. The Morgan fingerprint density at radius 1 is 1.35 bits per heavy atom. The van der Waals surface area contributed by atoms with Crippen LogP contribution < -0.4 is 4.74 Å². The summed E-state index contributed by atoms with van der Waals surface area (Å²) in [7, 11) is 0. The average molecular weight is 295 g/mol. The number of hydrogen-bond acceptors (Lipinski definition) is 2. The van der Waals surface area contributed by atoms with Gasteiger partial charge in [-0.3, -0.25) is 4.79 Å². The third-order valence-electron chi connectivity index (χ3n) is 4.48. The summed E-state index contributed by atoms with van der Waals surface area (Å²) < 4.78 is 5.93. The van der Waals surface area contributed by atoms with Gasteiger partial charge in [-0.1, -0.05) is 17.7 Å². The zero-order chi connectivity index (χ0) is 14.2. The van der Waals surface area contributed by atoms with E-state index in [9.17, 15) is 4.79 Å². The van der Waals surface area contributed by atoms with Crippen molar-refractivity contribution in [1.29, 1.82) is 0 Å². The fraction of sp³-hybridized carbons (Fsp3) is 0.562. The van der Waals surface area contributed by atoms with Crippen LogP contribution in [-0.4, -0.2) is 17.2 Å². The Morgan fingerprint density at radius 2 is 2.05 bits per heavy atom. The molecule has 0 spiro atoms. The van der Waals surface area contributed by atoms with Gasteiger partial charge in [0.05, 0.1) is 17.5 Å². The molecule has 4 heteroatoms. The van der Waals surface area contributed by atoms with Crippen molar-refractivity contribution in [2.45, 2.75) is 56.5 Å². The van der Waals surface area contributed by atoms with E-state index >= 15 is 0 Å². The summed E-state index contributed by atoms with van der Waals surface area (Å²) in [6, 6.07) is 5.77. The second kappa shape index (κ2) is 5.28. The van der Waals surface area contributed by atoms with Crippen LogP contribution in [0.2, 0.25) is 5.02 Å². The SMILES string of the molecule is O=C(O)CC1(c2ccc(OC3CCCC3)c(Cl)c2)CC1. The summed E-state index contributed by atoms with van der Waals surface area (Å²) in [5.41, 5.74) is 0.838. The number of aliphatic carboxylic acids is 1. The smallest absolute Gasteiger partial charge is 0.304 e. The minimum atomic E-state index is -0.745. The number of carboxylic acid groups (broad SMARTS) is 1. The van der Waals surface area contributed by atoms with Crippen LogP contribution in [0.5, 0.6) is 5.75 Å². The van der Waals surface area contributed by atoms with Crippen molar-refractivity contribution in [2.24, 2.45) is 0 Å². The summed E-state index contributed by atoms with van der Waals surface area (Å²) in [5.74, 6) is -0.0154. The predicted molar refractivity (Wildman–Crippen MR) is 77.5 cm³/mol. The molecule has 0 bridgehead atoms. The molecule has 1 aromatic rings. The molecular weight excluding hydrogens is 276 g/mol. The maximum Gasteiger partial charge on any atom is 0.304 e. The lowest BCUT2D eigenvalue weighted by Crippen LogP contribution is -2.14. The second-order valence-corrected chi connectivity index (χ2v) is 6.43. The van der Waals surface area contributed by atoms with Crippen molar-refractivity contribution in [1.82, 2.24) is 0 Å². The normalized spacial score (nSPS) is 20.9. The first-order chi connectivity index (χ1) is 9.59. The molecule has 3 rings (SSSR count). The Kier molecular flexibility index (Phi) is 3.63. The molecule has 2 fully saturated rings. The lowest BCUT2D eigenvalue weighted by atomic mass is 9.92. The van der Waals surface area contributed by atoms with Gasteiger partial charge in [0.15, 0.2) is 0 Å². The number of ether oxygens (including phenoxy) is 1. The molecule has 0 amide bonds. The van der Waals surface area contributed by atoms with E-state index in [1.807, 2.05) is 18.2 Å². The van der Waals surface area contributed by atoms with E-state index in [0.717, 1.165) is 37.0 Å². The Bertz CT molecular complexity index is 516. The molecule has 2 aliphatic carbocycles. The highest BCUT2D eigenvalue weighted by atomic mass is 35.5. The van der Waals surface area contributed by atoms with Gasteiger partial charge in [-0.15, -0.1) is 0 Å². The molecule has 0 aliphatic heterocycles. The number of halogens is 1. The first-order valence-corrected chi connectivity index (χ1v) is 7.65. The van der Waals surface area contributed by atoms with Crippen LogP contribution in [0.15, 0.2) is 18.2 Å². The molecule has 0 atom stereocenters. The van der Waals surface area contributed by atoms with Crippen molar-refractivity contribution in [3.05, 3.63) is 28.8 Å². The molecule has 0 saturated heterocycles. The molecule has 0 heterocycles. The van der Waals surface area contributed by atoms with Gasteiger partial charge in [-0.05, 0) is 56.2 Å². The van der Waals surface area contributed by atoms with E-state index < -0.39 is 5.97 Å². The van der Waals surface area contributed by atoms with Crippen LogP contribution in [0.4, 0.5) is 0 Å². The number of benzene rings is 1. The van der Waals surface area contributed by atoms with Gasteiger partial charge in [-0.25, -0.2) is 0 Å². The van der Waals surface area contributed by atoms with E-state index in [-0.39, 0.29) is 17.9 Å². The first-order valence-electron chi connectivity index (χ1n) is 7.28. The van der Waals surface area contributed by atoms with Crippen LogP contribution >= 0.6 is 11.6 Å². The second-order valence-electron chi connectivity index (χ2n) is 6.02. The summed E-state index contributed by atoms with van der Waals surface area (Å²) in [6.07, 6.45) is 6.97. The zero-order valence-corrected chi connectivity index (χ0v) is 12.2. The fourth-order valence-corrected chi connectivity index (χ4v) is 3.35. The van der Waals surface area contributed by atoms with E-state index in [4.69, 9.17) is 21.4 Å². The minimum absolute atomic E-state index is 0.187. The topological polar surface area (TPSA) is 46.5 Å². The van der Waals surface area contributed by atoms with E-state index in [2.05, 4.69) is 0 Å². The Balaban J connectivity index is 1.75. The van der Waals surface area contributed by atoms with Crippen LogP contribution in [0.1, 0.15) is 50.5 Å². The lowest BCUT2D eigenvalue weighted by molar-refractivity contribution is -0.137. The van der Waals surface area contributed by atoms with Crippen molar-refractivity contribution in [3.8, 4) is 5.75 Å². The van der Waals surface area contributed by atoms with Gasteiger partial charge in [-0.2, -0.15) is 0 Å². The number of carbonyl (C=O) groups is 1. The van der Waals surface area contributed by atoms with Crippen molar-refractivity contribution >= 4 is 17.6 Å². The molecule has 20 heavy (non-hydrogen) atoms. The monoisotopic (exact) mass is 294 g/mol. The quantitative estimate of drug-likeness (QED) is 0.886. The van der Waals surface area contributed by atoms with Gasteiger partial charge in [0.2, 0.25) is 0 Å². The first kappa shape index (κ1) is 13.7. The standard InChI is InChI=1S/C16H19ClO3/c17-13-9-11(16(7-8-16)10-15(18)19)5-6-14(13)20-12-3-1-2-4-12/h5-6,9,12H,1-4,7-8,10H2,(H,18,19). The van der Waals surface area contributed by atoms with Gasteiger partial charge >= 0.3 is 5.97 Å². The van der Waals surface area contributed by atoms with E-state index in [1.165, 1.54) is 12.8 Å². The van der Waals surface area contributed by atoms with Crippen LogP contribution in [-0.2, 0) is 10.2 Å². The molecule has 2 saturated carbocycles. The lowest BCUT2D eigenvalue weighted by Gasteiger charge is -2.17. The highest BCUT2D eigenvalue weighted by molar-refractivity contribution is 6.32. The zero-order valence-electron chi connectivity index (χ0n) is 11.4. The number of hydrogen-bond donors (Lipinski definition) is 1. The molecule has 0 aromatic heterocycles. The molecule has 108 valence electrons. The van der Waals surface area contributed by atoms with Gasteiger partial charge in [0, 0.05) is 5.41 Å². The van der Waals surface area contributed by atoms with Crippen LogP contribution in [0, 0.1) is 0 Å². The maximum atomic E-state index is 11.0. The van der Waals surface area contributed by atoms with Crippen molar-refractivity contribution < 1.29 is 14.6 Å². The van der Waals surface area contributed by atoms with E-state index in [0.29, 0.717) is 5.02 Å². The highest BCUT2D eigenvalue weighted by Crippen LogP contribution is 2.52. The molecule has 0 unspecified atom stereocenters. The highest BCUT2D eigenvalue weighted by Gasteiger charge is 2.46. The third-order valence-corrected chi connectivity index (χ3v) is 4.78. The largest absolute Gasteiger partial charge is 0.489 e.